The average Bonchev–Trinajstić information content (AvgIpc) is 1.15. The molecule has 82 heavy (non-hydrogen) atoms. The van der Waals surface area contributed by atoms with Crippen molar-refractivity contribution in [2.24, 2.45) is 5.92 Å². The van der Waals surface area contributed by atoms with Crippen LogP contribution in [0.3, 0.4) is 0 Å². The summed E-state index contributed by atoms with van der Waals surface area (Å²) in [4.78, 5) is 13.5. The minimum atomic E-state index is -1.74. The van der Waals surface area contributed by atoms with Crippen molar-refractivity contribution in [3.63, 3.8) is 0 Å². The zero-order valence-corrected chi connectivity index (χ0v) is 49.8. The van der Waals surface area contributed by atoms with E-state index in [2.05, 4.69) is 65.6 Å². The minimum Gasteiger partial charge on any atom is -0.509 e. The predicted octanol–water partition coefficient (Wildman–Crippen LogP) is 19.9. The van der Waals surface area contributed by atoms with Gasteiger partial charge in [0.25, 0.3) is 0 Å². The molecule has 4 heterocycles. The smallest absolute Gasteiger partial charge is 0.135 e. The summed E-state index contributed by atoms with van der Waals surface area (Å²) in [6.07, 6.45) is 3.23. The summed E-state index contributed by atoms with van der Waals surface area (Å²) >= 11 is 0. The van der Waals surface area contributed by atoms with Crippen molar-refractivity contribution >= 4 is 44.6 Å². The van der Waals surface area contributed by atoms with Gasteiger partial charge in [0.2, 0.25) is 0 Å². The Morgan fingerprint density at radius 1 is 0.634 bits per heavy atom. The van der Waals surface area contributed by atoms with Gasteiger partial charge in [0.15, 0.2) is 0 Å². The van der Waals surface area contributed by atoms with Gasteiger partial charge in [-0.2, -0.15) is 12.1 Å². The maximum atomic E-state index is 10.2. The molecular weight excluding hydrogens is 1180 g/mol. The summed E-state index contributed by atoms with van der Waals surface area (Å²) in [5, 5.41) is 1.86. The fourth-order valence-corrected chi connectivity index (χ4v) is 11.5. The molecule has 13 rings (SSSR count). The van der Waals surface area contributed by atoms with Gasteiger partial charge in [-0.3, -0.25) is 4.98 Å². The van der Waals surface area contributed by atoms with Crippen molar-refractivity contribution in [3.05, 3.63) is 241 Å². The Morgan fingerprint density at radius 3 is 2.06 bits per heavy atom. The van der Waals surface area contributed by atoms with E-state index in [0.717, 1.165) is 45.9 Å². The van der Waals surface area contributed by atoms with Gasteiger partial charge in [-0.1, -0.05) is 189 Å². The van der Waals surface area contributed by atoms with E-state index in [1.807, 2.05) is 168 Å². The maximum Gasteiger partial charge on any atom is 0.135 e. The number of anilines is 4. The van der Waals surface area contributed by atoms with Crippen LogP contribution in [0.15, 0.2) is 200 Å². The number of rotatable bonds is 11. The Hall–Kier alpha value is -8.05. The quantitative estimate of drug-likeness (QED) is 0.121. The van der Waals surface area contributed by atoms with Gasteiger partial charge >= 0.3 is 0 Å². The van der Waals surface area contributed by atoms with Gasteiger partial charge in [-0.15, -0.1) is 48.1 Å². The molecule has 0 spiro atoms. The fourth-order valence-electron chi connectivity index (χ4n) is 11.5. The molecule has 0 saturated heterocycles. The second kappa shape index (κ2) is 21.4. The first-order chi connectivity index (χ1) is 42.8. The molecule has 1 aliphatic heterocycles. The van der Waals surface area contributed by atoms with Crippen LogP contribution in [-0.2, 0) is 43.7 Å². The molecular formula is C75H68N5OPt-3. The van der Waals surface area contributed by atoms with Crippen molar-refractivity contribution in [2.45, 2.75) is 97.8 Å². The third kappa shape index (κ3) is 10.0. The SMILES string of the molecule is [2H]c1c([2H])c(-c2cccc(-c3c([2H])c([2H])c4c(c3[2H])C(C)(C)CCC4(C)C)c2N2[CH-]N(c3[c-]c(Oc4[c-]c5c(cc4)c4ccccc4n5-c4cc(C([2H])([2H])C(C)C)c(-c5ccccn5)cn4)ccc3)c3ccccc32)c([2H])c([2H])c1-c1cccc(C(C)(C)C)c1.[Pt]. The summed E-state index contributed by atoms with van der Waals surface area (Å²) < 4.78 is 96.5. The molecule has 8 aromatic carbocycles. The van der Waals surface area contributed by atoms with E-state index in [-0.39, 0.29) is 91.4 Å². The third-order valence-electron chi connectivity index (χ3n) is 15.9. The van der Waals surface area contributed by atoms with Crippen LogP contribution in [-0.4, -0.2) is 14.5 Å². The molecule has 0 saturated carbocycles. The maximum absolute atomic E-state index is 10.2. The molecule has 0 fully saturated rings. The first kappa shape index (κ1) is 44.6. The van der Waals surface area contributed by atoms with Crippen molar-refractivity contribution in [2.75, 3.05) is 9.80 Å². The van der Waals surface area contributed by atoms with Crippen molar-refractivity contribution in [1.82, 2.24) is 14.5 Å². The first-order valence-electron chi connectivity index (χ1n) is 32.4. The van der Waals surface area contributed by atoms with E-state index in [4.69, 9.17) is 9.72 Å². The number of hydrogen-bond acceptors (Lipinski definition) is 5. The normalized spacial score (nSPS) is 16.2. The Labute approximate surface area is 511 Å². The number of pyridine rings is 2. The van der Waals surface area contributed by atoms with Crippen molar-refractivity contribution in [3.8, 4) is 62.0 Å². The zero-order chi connectivity index (χ0) is 63.7. The third-order valence-corrected chi connectivity index (χ3v) is 15.9. The fraction of sp³-hybridized carbons (Fsp3) is 0.213. The number of nitrogens with zero attached hydrogens (tertiary/aromatic N) is 5. The molecule has 6 nitrogen and oxygen atoms in total. The molecule has 0 radical (unpaired) electrons. The molecule has 0 atom stereocenters. The van der Waals surface area contributed by atoms with E-state index in [1.54, 1.807) is 24.5 Å². The van der Waals surface area contributed by atoms with Crippen molar-refractivity contribution < 1.29 is 38.1 Å². The number of aromatic nitrogens is 3. The summed E-state index contributed by atoms with van der Waals surface area (Å²) in [7, 11) is 0. The van der Waals surface area contributed by atoms with Crippen LogP contribution in [0.1, 0.15) is 110 Å². The Bertz CT molecular complexity index is 4700. The molecule has 0 unspecified atom stereocenters. The van der Waals surface area contributed by atoms with E-state index >= 15 is 0 Å². The predicted molar refractivity (Wildman–Crippen MR) is 336 cm³/mol. The Balaban J connectivity index is 0.00000800. The molecule has 7 heteroatoms. The van der Waals surface area contributed by atoms with E-state index in [0.29, 0.717) is 79.0 Å². The van der Waals surface area contributed by atoms with Gasteiger partial charge < -0.3 is 19.1 Å². The average molecular weight is 1260 g/mol. The van der Waals surface area contributed by atoms with E-state index in [1.165, 1.54) is 0 Å². The van der Waals surface area contributed by atoms with Crippen LogP contribution in [0.5, 0.6) is 11.5 Å². The number of fused-ring (bicyclic) bond motifs is 5. The van der Waals surface area contributed by atoms with Gasteiger partial charge in [-0.25, -0.2) is 4.98 Å². The summed E-state index contributed by atoms with van der Waals surface area (Å²) in [5.41, 5.74) is 8.64. The van der Waals surface area contributed by atoms with Gasteiger partial charge in [0.1, 0.15) is 5.82 Å². The number of ether oxygens (including phenoxy) is 1. The monoisotopic (exact) mass is 1260 g/mol. The van der Waals surface area contributed by atoms with Gasteiger partial charge in [0.05, 0.1) is 15.3 Å². The van der Waals surface area contributed by atoms with Crippen LogP contribution < -0.4 is 14.5 Å². The Kier molecular flexibility index (Phi) is 11.6. The number of benzene rings is 8. The molecule has 0 bridgehead atoms. The topological polar surface area (TPSA) is 46.4 Å². The summed E-state index contributed by atoms with van der Waals surface area (Å²) in [5.74, 6) is 0.911. The number of para-hydroxylation sites is 4. The molecule has 3 aromatic heterocycles. The zero-order valence-electron chi connectivity index (χ0n) is 56.5. The van der Waals surface area contributed by atoms with Crippen LogP contribution in [0, 0.1) is 24.7 Å². The second-order valence-electron chi connectivity index (χ2n) is 23.9. The van der Waals surface area contributed by atoms with Crippen LogP contribution in [0.4, 0.5) is 22.7 Å². The molecule has 2 aliphatic rings. The second-order valence-corrected chi connectivity index (χ2v) is 23.9. The summed E-state index contributed by atoms with van der Waals surface area (Å²) in [6, 6.07) is 52.0. The van der Waals surface area contributed by atoms with Gasteiger partial charge in [0, 0.05) is 87.0 Å². The van der Waals surface area contributed by atoms with E-state index < -0.39 is 17.2 Å². The van der Waals surface area contributed by atoms with Gasteiger partial charge in [-0.05, 0) is 128 Å². The molecule has 11 aromatic rings. The van der Waals surface area contributed by atoms with Crippen molar-refractivity contribution in [1.29, 1.82) is 0 Å². The summed E-state index contributed by atoms with van der Waals surface area (Å²) in [6.45, 7) is 20.3. The number of hydrogen-bond donors (Lipinski definition) is 0. The van der Waals surface area contributed by atoms with Crippen LogP contribution >= 0.6 is 0 Å². The minimum absolute atomic E-state index is 0. The standard InChI is InChI=1S/C75H68N5O.Pt/c1-49(2)41-54-44-71(77-47-63(54)66-26-14-15-40-76-66)80-67-27-11-10-23-61(67)62-36-35-58(46-70(62)80)81-57-22-17-21-56(45-57)78-48-79(69-29-13-12-28-68(69)78)72-59(51-32-30-50(31-33-51)52-19-16-20-55(42-52)73(3,4)5)24-18-25-60(72)53-34-37-64-65(43-53)75(8,9)39-38-74(64,6)7;/h10-37,40,42-44,47-49H,38-39,41H2,1-9H3;/q-3;/i30D,31D,32D,33D,34D,37D,41D2,43D;. The molecule has 0 N–H and O–H groups in total. The van der Waals surface area contributed by atoms with E-state index in [9.17, 15) is 12.3 Å². The first-order valence-corrected chi connectivity index (χ1v) is 27.9. The largest absolute Gasteiger partial charge is 0.509 e. The molecule has 1 aliphatic carbocycles. The Morgan fingerprint density at radius 2 is 1.30 bits per heavy atom. The molecule has 412 valence electrons. The molecule has 0 amide bonds. The van der Waals surface area contributed by atoms with Crippen LogP contribution in [0.2, 0.25) is 0 Å². The van der Waals surface area contributed by atoms with Crippen LogP contribution in [0.25, 0.3) is 72.3 Å².